The Labute approximate surface area is 216 Å². The van der Waals surface area contributed by atoms with Crippen molar-refractivity contribution in [1.82, 2.24) is 4.57 Å². The van der Waals surface area contributed by atoms with Gasteiger partial charge in [-0.25, -0.2) is 9.79 Å². The van der Waals surface area contributed by atoms with Gasteiger partial charge in [-0.15, -0.1) is 0 Å². The van der Waals surface area contributed by atoms with Gasteiger partial charge in [-0.2, -0.15) is 0 Å². The normalized spacial score (nSPS) is 16.6. The molecule has 1 aromatic heterocycles. The standard InChI is InChI=1S/C27H26N2O7S/c1-5-34-26(31)23-15(2)28-27-29(24(23)18-14-17(32-3)7-9-19(18)33-4)25(30)22(37-27)13-16-6-8-20-21(12-16)36-11-10-35-20/h6-9,12-14,24H,5,10-11H2,1-4H3/t24-/m1/s1. The third kappa shape index (κ3) is 4.48. The first-order chi connectivity index (χ1) is 17.9. The van der Waals surface area contributed by atoms with Gasteiger partial charge >= 0.3 is 5.97 Å². The van der Waals surface area contributed by atoms with E-state index >= 15 is 0 Å². The molecule has 0 fully saturated rings. The molecule has 0 spiro atoms. The monoisotopic (exact) mass is 522 g/mol. The van der Waals surface area contributed by atoms with Crippen LogP contribution in [0.1, 0.15) is 31.0 Å². The second-order valence-electron chi connectivity index (χ2n) is 8.31. The number of benzene rings is 2. The van der Waals surface area contributed by atoms with Crippen LogP contribution in [0.15, 0.2) is 57.5 Å². The molecule has 0 N–H and O–H groups in total. The minimum Gasteiger partial charge on any atom is -0.497 e. The molecule has 2 aliphatic rings. The van der Waals surface area contributed by atoms with E-state index in [2.05, 4.69) is 4.99 Å². The smallest absolute Gasteiger partial charge is 0.338 e. The summed E-state index contributed by atoms with van der Waals surface area (Å²) in [5, 5.41) is 0. The summed E-state index contributed by atoms with van der Waals surface area (Å²) < 4.78 is 29.7. The lowest BCUT2D eigenvalue weighted by atomic mass is 9.94. The summed E-state index contributed by atoms with van der Waals surface area (Å²) >= 11 is 1.24. The van der Waals surface area contributed by atoms with E-state index in [9.17, 15) is 9.59 Å². The first-order valence-electron chi connectivity index (χ1n) is 11.8. The number of aromatic nitrogens is 1. The van der Waals surface area contributed by atoms with Crippen molar-refractivity contribution in [1.29, 1.82) is 0 Å². The predicted molar refractivity (Wildman–Crippen MR) is 137 cm³/mol. The molecule has 0 unspecified atom stereocenters. The SMILES string of the molecule is CCOC(=O)C1=C(C)N=c2sc(=Cc3ccc4c(c3)OCCO4)c(=O)n2[C@@H]1c1cc(OC)ccc1OC. The Balaban J connectivity index is 1.72. The first kappa shape index (κ1) is 24.6. The van der Waals surface area contributed by atoms with Gasteiger partial charge in [-0.05, 0) is 55.8 Å². The van der Waals surface area contributed by atoms with E-state index < -0.39 is 12.0 Å². The van der Waals surface area contributed by atoms with Crippen LogP contribution in [0.3, 0.4) is 0 Å². The molecule has 9 nitrogen and oxygen atoms in total. The van der Waals surface area contributed by atoms with Crippen molar-refractivity contribution in [3.05, 3.63) is 78.5 Å². The highest BCUT2D eigenvalue weighted by Gasteiger charge is 2.35. The quantitative estimate of drug-likeness (QED) is 0.459. The van der Waals surface area contributed by atoms with Gasteiger partial charge in [0, 0.05) is 5.56 Å². The number of carbonyl (C=O) groups excluding carboxylic acids is 1. The predicted octanol–water partition coefficient (Wildman–Crippen LogP) is 2.59. The third-order valence-corrected chi connectivity index (χ3v) is 7.10. The second-order valence-corrected chi connectivity index (χ2v) is 9.32. The van der Waals surface area contributed by atoms with E-state index in [-0.39, 0.29) is 17.7 Å². The van der Waals surface area contributed by atoms with Gasteiger partial charge in [0.15, 0.2) is 16.3 Å². The summed E-state index contributed by atoms with van der Waals surface area (Å²) in [6.45, 7) is 4.63. The van der Waals surface area contributed by atoms with Gasteiger partial charge < -0.3 is 23.7 Å². The molecule has 1 atom stereocenters. The van der Waals surface area contributed by atoms with Gasteiger partial charge in [-0.3, -0.25) is 9.36 Å². The number of allylic oxidation sites excluding steroid dienone is 1. The van der Waals surface area contributed by atoms with Gasteiger partial charge in [0.25, 0.3) is 5.56 Å². The van der Waals surface area contributed by atoms with Crippen LogP contribution in [0.5, 0.6) is 23.0 Å². The average Bonchev–Trinajstić information content (AvgIpc) is 3.21. The summed E-state index contributed by atoms with van der Waals surface area (Å²) in [5.41, 5.74) is 1.83. The maximum absolute atomic E-state index is 13.9. The van der Waals surface area contributed by atoms with Crippen molar-refractivity contribution in [2.24, 2.45) is 4.99 Å². The Morgan fingerprint density at radius 3 is 2.65 bits per heavy atom. The third-order valence-electron chi connectivity index (χ3n) is 6.11. The van der Waals surface area contributed by atoms with Crippen molar-refractivity contribution in [3.63, 3.8) is 0 Å². The number of hydrogen-bond acceptors (Lipinski definition) is 9. The van der Waals surface area contributed by atoms with Crippen molar-refractivity contribution in [2.45, 2.75) is 19.9 Å². The number of fused-ring (bicyclic) bond motifs is 2. The number of esters is 1. The molecule has 2 aromatic carbocycles. The summed E-state index contributed by atoms with van der Waals surface area (Å²) in [6, 6.07) is 9.98. The number of nitrogens with zero attached hydrogens (tertiary/aromatic N) is 2. The fourth-order valence-electron chi connectivity index (χ4n) is 4.44. The molecule has 0 radical (unpaired) electrons. The molecule has 10 heteroatoms. The Bertz CT molecular complexity index is 1580. The van der Waals surface area contributed by atoms with Gasteiger partial charge in [0.2, 0.25) is 0 Å². The Hall–Kier alpha value is -4.05. The highest BCUT2D eigenvalue weighted by Crippen LogP contribution is 2.38. The van der Waals surface area contributed by atoms with Crippen LogP contribution < -0.4 is 33.8 Å². The Morgan fingerprint density at radius 2 is 1.92 bits per heavy atom. The highest BCUT2D eigenvalue weighted by molar-refractivity contribution is 7.07. The van der Waals surface area contributed by atoms with Crippen molar-refractivity contribution < 1.29 is 28.5 Å². The molecule has 0 bridgehead atoms. The molecule has 0 saturated carbocycles. The van der Waals surface area contributed by atoms with Gasteiger partial charge in [-0.1, -0.05) is 17.4 Å². The van der Waals surface area contributed by atoms with Crippen LogP contribution >= 0.6 is 11.3 Å². The lowest BCUT2D eigenvalue weighted by Crippen LogP contribution is -2.40. The molecule has 0 saturated heterocycles. The van der Waals surface area contributed by atoms with E-state index in [1.54, 1.807) is 45.2 Å². The lowest BCUT2D eigenvalue weighted by Gasteiger charge is -2.26. The summed E-state index contributed by atoms with van der Waals surface area (Å²) in [4.78, 5) is 32.1. The van der Waals surface area contributed by atoms with Crippen LogP contribution in [0, 0.1) is 0 Å². The largest absolute Gasteiger partial charge is 0.497 e. The summed E-state index contributed by atoms with van der Waals surface area (Å²) in [5.74, 6) is 1.83. The average molecular weight is 523 g/mol. The fraction of sp³-hybridized carbons (Fsp3) is 0.296. The van der Waals surface area contributed by atoms with Gasteiger partial charge in [0.05, 0.1) is 36.6 Å². The summed E-state index contributed by atoms with van der Waals surface area (Å²) in [6.07, 6.45) is 1.78. The second kappa shape index (κ2) is 10.1. The molecular weight excluding hydrogens is 496 g/mol. The number of ether oxygens (including phenoxy) is 5. The fourth-order valence-corrected chi connectivity index (χ4v) is 5.49. The first-order valence-corrected chi connectivity index (χ1v) is 12.6. The number of hydrogen-bond donors (Lipinski definition) is 0. The molecule has 2 aliphatic heterocycles. The Morgan fingerprint density at radius 1 is 1.14 bits per heavy atom. The molecule has 37 heavy (non-hydrogen) atoms. The highest BCUT2D eigenvalue weighted by atomic mass is 32.1. The number of rotatable bonds is 6. The number of methoxy groups -OCH3 is 2. The van der Waals surface area contributed by atoms with Crippen molar-refractivity contribution in [3.8, 4) is 23.0 Å². The minimum absolute atomic E-state index is 0.187. The zero-order chi connectivity index (χ0) is 26.1. The minimum atomic E-state index is -0.817. The molecule has 0 amide bonds. The molecule has 0 aliphatic carbocycles. The van der Waals surface area contributed by atoms with E-state index in [0.717, 1.165) is 5.56 Å². The van der Waals surface area contributed by atoms with Crippen LogP contribution in [-0.4, -0.2) is 44.6 Å². The zero-order valence-electron chi connectivity index (χ0n) is 20.9. The van der Waals surface area contributed by atoms with Crippen LogP contribution in [0.25, 0.3) is 6.08 Å². The van der Waals surface area contributed by atoms with Crippen molar-refractivity contribution >= 4 is 23.4 Å². The summed E-state index contributed by atoms with van der Waals surface area (Å²) in [7, 11) is 3.09. The lowest BCUT2D eigenvalue weighted by molar-refractivity contribution is -0.139. The number of thiazole rings is 1. The zero-order valence-corrected chi connectivity index (χ0v) is 21.7. The molecule has 5 rings (SSSR count). The Kier molecular flexibility index (Phi) is 6.75. The van der Waals surface area contributed by atoms with E-state index in [4.69, 9.17) is 23.7 Å². The van der Waals surface area contributed by atoms with E-state index in [1.165, 1.54) is 23.0 Å². The topological polar surface area (TPSA) is 97.6 Å². The maximum atomic E-state index is 13.9. The van der Waals surface area contributed by atoms with Crippen LogP contribution in [0.2, 0.25) is 0 Å². The van der Waals surface area contributed by atoms with Gasteiger partial charge in [0.1, 0.15) is 30.8 Å². The molecule has 192 valence electrons. The molecule has 3 heterocycles. The number of carbonyl (C=O) groups is 1. The van der Waals surface area contributed by atoms with Crippen LogP contribution in [-0.2, 0) is 9.53 Å². The molecule has 3 aromatic rings. The van der Waals surface area contributed by atoms with E-state index in [1.807, 2.05) is 18.2 Å². The maximum Gasteiger partial charge on any atom is 0.338 e. The van der Waals surface area contributed by atoms with E-state index in [0.29, 0.717) is 56.8 Å². The molecular formula is C27H26N2O7S. The van der Waals surface area contributed by atoms with Crippen LogP contribution in [0.4, 0.5) is 0 Å². The van der Waals surface area contributed by atoms with Crippen molar-refractivity contribution in [2.75, 3.05) is 34.0 Å².